The predicted octanol–water partition coefficient (Wildman–Crippen LogP) is 3.79. The van der Waals surface area contributed by atoms with E-state index in [0.29, 0.717) is 6.04 Å². The van der Waals surface area contributed by atoms with Crippen LogP contribution in [-0.2, 0) is 12.0 Å². The van der Waals surface area contributed by atoms with Crippen LogP contribution in [0.1, 0.15) is 64.1 Å². The second-order valence-electron chi connectivity index (χ2n) is 7.28. The van der Waals surface area contributed by atoms with E-state index in [1.54, 1.807) is 0 Å². The molecule has 1 fully saturated rings. The van der Waals surface area contributed by atoms with E-state index in [4.69, 9.17) is 4.98 Å². The quantitative estimate of drug-likeness (QED) is 0.866. The second-order valence-corrected chi connectivity index (χ2v) is 8.13. The van der Waals surface area contributed by atoms with Gasteiger partial charge in [0.25, 0.3) is 0 Å². The first-order valence-corrected chi connectivity index (χ1v) is 9.27. The molecule has 2 heterocycles. The third-order valence-corrected chi connectivity index (χ3v) is 5.33. The van der Waals surface area contributed by atoms with Gasteiger partial charge in [-0.2, -0.15) is 0 Å². The molecule has 0 saturated carbocycles. The summed E-state index contributed by atoms with van der Waals surface area (Å²) in [7, 11) is 0. The van der Waals surface area contributed by atoms with Gasteiger partial charge in [-0.25, -0.2) is 4.98 Å². The molecule has 2 rings (SSSR count). The minimum Gasteiger partial charge on any atom is -0.313 e. The first kappa shape index (κ1) is 16.9. The lowest BCUT2D eigenvalue weighted by molar-refractivity contribution is 0.215. The molecular weight excluding hydrogens is 278 g/mol. The van der Waals surface area contributed by atoms with E-state index in [1.165, 1.54) is 49.5 Å². The molecule has 0 radical (unpaired) electrons. The molecule has 0 amide bonds. The largest absolute Gasteiger partial charge is 0.313 e. The molecule has 1 unspecified atom stereocenters. The smallest absolute Gasteiger partial charge is 0.0982 e. The molecule has 1 atom stereocenters. The Kier molecular flexibility index (Phi) is 6.20. The number of hydrogen-bond donors (Lipinski definition) is 1. The van der Waals surface area contributed by atoms with E-state index >= 15 is 0 Å². The van der Waals surface area contributed by atoms with Gasteiger partial charge < -0.3 is 5.32 Å². The standard InChI is InChI=1S/C17H31N3S/c1-5-10-20(11-14-8-6-7-9-18-14)12-15-13-21-16(19-15)17(2,3)4/h13-14,18H,5-12H2,1-4H3. The van der Waals surface area contributed by atoms with Crippen LogP contribution in [-0.4, -0.2) is 35.6 Å². The molecule has 4 heteroatoms. The normalized spacial score (nSPS) is 20.1. The van der Waals surface area contributed by atoms with E-state index in [-0.39, 0.29) is 5.41 Å². The Morgan fingerprint density at radius 2 is 2.19 bits per heavy atom. The van der Waals surface area contributed by atoms with Crippen molar-refractivity contribution in [2.45, 2.75) is 71.4 Å². The highest BCUT2D eigenvalue weighted by Crippen LogP contribution is 2.26. The number of piperidine rings is 1. The highest BCUT2D eigenvalue weighted by atomic mass is 32.1. The third-order valence-electron chi connectivity index (χ3n) is 4.01. The lowest BCUT2D eigenvalue weighted by Crippen LogP contribution is -2.43. The minimum atomic E-state index is 0.170. The van der Waals surface area contributed by atoms with Crippen LogP contribution in [0.15, 0.2) is 5.38 Å². The molecule has 3 nitrogen and oxygen atoms in total. The van der Waals surface area contributed by atoms with Gasteiger partial charge in [0.1, 0.15) is 0 Å². The van der Waals surface area contributed by atoms with Crippen LogP contribution in [0, 0.1) is 0 Å². The van der Waals surface area contributed by atoms with Crippen LogP contribution in [0.25, 0.3) is 0 Å². The summed E-state index contributed by atoms with van der Waals surface area (Å²) in [6.45, 7) is 13.5. The average molecular weight is 310 g/mol. The molecule has 21 heavy (non-hydrogen) atoms. The fourth-order valence-electron chi connectivity index (χ4n) is 2.90. The van der Waals surface area contributed by atoms with Gasteiger partial charge in [-0.1, -0.05) is 34.1 Å². The van der Waals surface area contributed by atoms with Gasteiger partial charge >= 0.3 is 0 Å². The summed E-state index contributed by atoms with van der Waals surface area (Å²) in [6.07, 6.45) is 5.25. The summed E-state index contributed by atoms with van der Waals surface area (Å²) in [5, 5.41) is 7.17. The fourth-order valence-corrected chi connectivity index (χ4v) is 3.79. The van der Waals surface area contributed by atoms with Crippen molar-refractivity contribution < 1.29 is 0 Å². The Morgan fingerprint density at radius 1 is 1.38 bits per heavy atom. The van der Waals surface area contributed by atoms with Gasteiger partial charge in [-0.15, -0.1) is 11.3 Å². The first-order chi connectivity index (χ1) is 9.99. The van der Waals surface area contributed by atoms with Gasteiger partial charge in [0, 0.05) is 29.9 Å². The number of nitrogens with zero attached hydrogens (tertiary/aromatic N) is 2. The van der Waals surface area contributed by atoms with Gasteiger partial charge in [0.05, 0.1) is 10.7 Å². The molecule has 0 aliphatic carbocycles. The van der Waals surface area contributed by atoms with Crippen LogP contribution >= 0.6 is 11.3 Å². The molecule has 1 saturated heterocycles. The van der Waals surface area contributed by atoms with Crippen LogP contribution in [0.2, 0.25) is 0 Å². The van der Waals surface area contributed by atoms with E-state index in [1.807, 2.05) is 11.3 Å². The van der Waals surface area contributed by atoms with Gasteiger partial charge in [-0.05, 0) is 32.4 Å². The van der Waals surface area contributed by atoms with Crippen molar-refractivity contribution in [3.05, 3.63) is 16.1 Å². The summed E-state index contributed by atoms with van der Waals surface area (Å²) < 4.78 is 0. The molecule has 0 spiro atoms. The van der Waals surface area contributed by atoms with Crippen LogP contribution in [0.5, 0.6) is 0 Å². The Hall–Kier alpha value is -0.450. The molecule has 1 aromatic rings. The number of rotatable bonds is 6. The summed E-state index contributed by atoms with van der Waals surface area (Å²) in [4.78, 5) is 7.43. The summed E-state index contributed by atoms with van der Waals surface area (Å²) >= 11 is 1.81. The van der Waals surface area contributed by atoms with Crippen molar-refractivity contribution in [2.24, 2.45) is 0 Å². The third kappa shape index (κ3) is 5.35. The number of aromatic nitrogens is 1. The van der Waals surface area contributed by atoms with Gasteiger partial charge in [0.2, 0.25) is 0 Å². The number of thiazole rings is 1. The maximum atomic E-state index is 4.85. The lowest BCUT2D eigenvalue weighted by atomic mass is 9.98. The van der Waals surface area contributed by atoms with Crippen LogP contribution in [0.4, 0.5) is 0 Å². The Bertz CT molecular complexity index is 416. The van der Waals surface area contributed by atoms with Gasteiger partial charge in [-0.3, -0.25) is 4.90 Å². The Labute approximate surface area is 134 Å². The molecule has 1 N–H and O–H groups in total. The maximum absolute atomic E-state index is 4.85. The monoisotopic (exact) mass is 309 g/mol. The molecular formula is C17H31N3S. The van der Waals surface area contributed by atoms with Crippen molar-refractivity contribution in [1.82, 2.24) is 15.2 Å². The first-order valence-electron chi connectivity index (χ1n) is 8.39. The topological polar surface area (TPSA) is 28.2 Å². The number of nitrogens with one attached hydrogen (secondary N) is 1. The van der Waals surface area contributed by atoms with Gasteiger partial charge in [0.15, 0.2) is 0 Å². The fraction of sp³-hybridized carbons (Fsp3) is 0.824. The summed E-state index contributed by atoms with van der Waals surface area (Å²) in [6, 6.07) is 0.672. The van der Waals surface area contributed by atoms with E-state index in [0.717, 1.165) is 13.1 Å². The highest BCUT2D eigenvalue weighted by Gasteiger charge is 2.20. The average Bonchev–Trinajstić information content (AvgIpc) is 2.89. The van der Waals surface area contributed by atoms with Crippen LogP contribution < -0.4 is 5.32 Å². The zero-order valence-corrected chi connectivity index (χ0v) is 14.9. The predicted molar refractivity (Wildman–Crippen MR) is 92.0 cm³/mol. The molecule has 120 valence electrons. The zero-order valence-electron chi connectivity index (χ0n) is 14.1. The van der Waals surface area contributed by atoms with Crippen molar-refractivity contribution >= 4 is 11.3 Å². The van der Waals surface area contributed by atoms with Crippen molar-refractivity contribution in [3.8, 4) is 0 Å². The molecule has 1 aromatic heterocycles. The Balaban J connectivity index is 1.93. The summed E-state index contributed by atoms with van der Waals surface area (Å²) in [5.41, 5.74) is 1.41. The highest BCUT2D eigenvalue weighted by molar-refractivity contribution is 7.09. The number of hydrogen-bond acceptors (Lipinski definition) is 4. The van der Waals surface area contributed by atoms with E-state index < -0.39 is 0 Å². The van der Waals surface area contributed by atoms with Crippen molar-refractivity contribution in [1.29, 1.82) is 0 Å². The zero-order chi connectivity index (χ0) is 15.3. The molecule has 1 aliphatic heterocycles. The molecule has 0 aromatic carbocycles. The van der Waals surface area contributed by atoms with Crippen molar-refractivity contribution in [3.63, 3.8) is 0 Å². The van der Waals surface area contributed by atoms with E-state index in [9.17, 15) is 0 Å². The maximum Gasteiger partial charge on any atom is 0.0982 e. The minimum absolute atomic E-state index is 0.170. The lowest BCUT2D eigenvalue weighted by Gasteiger charge is -2.30. The second kappa shape index (κ2) is 7.70. The molecule has 0 bridgehead atoms. The molecule has 1 aliphatic rings. The van der Waals surface area contributed by atoms with Crippen LogP contribution in [0.3, 0.4) is 0 Å². The Morgan fingerprint density at radius 3 is 2.76 bits per heavy atom. The SMILES string of the molecule is CCCN(Cc1csc(C(C)(C)C)n1)CC1CCCCN1. The summed E-state index contributed by atoms with van der Waals surface area (Å²) in [5.74, 6) is 0. The van der Waals surface area contributed by atoms with Crippen molar-refractivity contribution in [2.75, 3.05) is 19.6 Å². The van der Waals surface area contributed by atoms with E-state index in [2.05, 4.69) is 43.3 Å².